The summed E-state index contributed by atoms with van der Waals surface area (Å²) in [5.74, 6) is 0. The number of nitrogens with one attached hydrogen (secondary N) is 1. The van der Waals surface area contributed by atoms with Gasteiger partial charge in [0, 0.05) is 13.1 Å². The first-order valence-electron chi connectivity index (χ1n) is 7.01. The van der Waals surface area contributed by atoms with Crippen LogP contribution in [0.3, 0.4) is 0 Å². The van der Waals surface area contributed by atoms with Crippen LogP contribution in [-0.2, 0) is 19.9 Å². The van der Waals surface area contributed by atoms with E-state index in [1.807, 2.05) is 11.7 Å². The molecule has 1 aromatic rings. The lowest BCUT2D eigenvalue weighted by Crippen LogP contribution is -2.24. The van der Waals surface area contributed by atoms with Crippen molar-refractivity contribution in [1.29, 1.82) is 0 Å². The summed E-state index contributed by atoms with van der Waals surface area (Å²) in [7, 11) is 4.11. The van der Waals surface area contributed by atoms with E-state index in [4.69, 9.17) is 0 Å². The highest BCUT2D eigenvalue weighted by molar-refractivity contribution is 9.10. The molecule has 0 saturated heterocycles. The molecule has 1 N–H and O–H groups in total. The third kappa shape index (κ3) is 4.09. The molecular weight excluding hydrogens is 290 g/mol. The maximum absolute atomic E-state index is 4.54. The van der Waals surface area contributed by atoms with Crippen LogP contribution in [0, 0.1) is 0 Å². The molecule has 4 heteroatoms. The fourth-order valence-corrected chi connectivity index (χ4v) is 3.20. The van der Waals surface area contributed by atoms with Gasteiger partial charge in [-0.2, -0.15) is 5.10 Å². The van der Waals surface area contributed by atoms with Gasteiger partial charge in [0.1, 0.15) is 0 Å². The molecular formula is C14H26BrN3. The average Bonchev–Trinajstić information content (AvgIpc) is 2.64. The summed E-state index contributed by atoms with van der Waals surface area (Å²) in [6.07, 6.45) is 7.07. The lowest BCUT2D eigenvalue weighted by Gasteiger charge is -2.14. The average molecular weight is 316 g/mol. The van der Waals surface area contributed by atoms with Crippen LogP contribution in [0.5, 0.6) is 0 Å². The standard InChI is InChI=1S/C14H26BrN3/c1-5-8-11(16-3)9-7-10-13-14(15)12(6-2)17-18(13)4/h11,16H,5-10H2,1-4H3. The number of hydrogen-bond donors (Lipinski definition) is 1. The zero-order chi connectivity index (χ0) is 13.5. The third-order valence-electron chi connectivity index (χ3n) is 3.51. The number of aromatic nitrogens is 2. The van der Waals surface area contributed by atoms with Crippen LogP contribution in [0.4, 0.5) is 0 Å². The molecule has 0 amide bonds. The Kier molecular flexibility index (Phi) is 6.94. The molecule has 104 valence electrons. The molecule has 0 radical (unpaired) electrons. The Balaban J connectivity index is 2.50. The van der Waals surface area contributed by atoms with E-state index in [1.54, 1.807) is 0 Å². The van der Waals surface area contributed by atoms with Crippen molar-refractivity contribution in [2.75, 3.05) is 7.05 Å². The van der Waals surface area contributed by atoms with Crippen molar-refractivity contribution in [3.8, 4) is 0 Å². The normalized spacial score (nSPS) is 12.9. The van der Waals surface area contributed by atoms with Crippen LogP contribution in [0.1, 0.15) is 50.9 Å². The number of nitrogens with zero attached hydrogens (tertiary/aromatic N) is 2. The Bertz CT molecular complexity index is 360. The molecule has 0 bridgehead atoms. The Morgan fingerprint density at radius 3 is 2.56 bits per heavy atom. The number of hydrogen-bond acceptors (Lipinski definition) is 2. The van der Waals surface area contributed by atoms with E-state index >= 15 is 0 Å². The van der Waals surface area contributed by atoms with E-state index in [1.165, 1.54) is 41.5 Å². The minimum absolute atomic E-state index is 0.660. The molecule has 1 heterocycles. The highest BCUT2D eigenvalue weighted by Gasteiger charge is 2.12. The third-order valence-corrected chi connectivity index (χ3v) is 4.43. The van der Waals surface area contributed by atoms with Gasteiger partial charge >= 0.3 is 0 Å². The van der Waals surface area contributed by atoms with Crippen molar-refractivity contribution in [3.05, 3.63) is 15.9 Å². The molecule has 0 aliphatic rings. The van der Waals surface area contributed by atoms with Crippen LogP contribution < -0.4 is 5.32 Å². The largest absolute Gasteiger partial charge is 0.317 e. The van der Waals surface area contributed by atoms with E-state index in [0.29, 0.717) is 6.04 Å². The fraction of sp³-hybridized carbons (Fsp3) is 0.786. The summed E-state index contributed by atoms with van der Waals surface area (Å²) in [6, 6.07) is 0.660. The van der Waals surface area contributed by atoms with Gasteiger partial charge in [0.05, 0.1) is 15.9 Å². The minimum Gasteiger partial charge on any atom is -0.317 e. The summed E-state index contributed by atoms with van der Waals surface area (Å²) < 4.78 is 3.24. The minimum atomic E-state index is 0.660. The lowest BCUT2D eigenvalue weighted by atomic mass is 10.0. The van der Waals surface area contributed by atoms with Gasteiger partial charge in [0.25, 0.3) is 0 Å². The zero-order valence-electron chi connectivity index (χ0n) is 12.1. The summed E-state index contributed by atoms with van der Waals surface area (Å²) in [4.78, 5) is 0. The van der Waals surface area contributed by atoms with Gasteiger partial charge in [0.15, 0.2) is 0 Å². The molecule has 1 atom stereocenters. The quantitative estimate of drug-likeness (QED) is 0.796. The van der Waals surface area contributed by atoms with Gasteiger partial charge in [0.2, 0.25) is 0 Å². The van der Waals surface area contributed by atoms with E-state index in [0.717, 1.165) is 12.8 Å². The monoisotopic (exact) mass is 315 g/mol. The molecule has 18 heavy (non-hydrogen) atoms. The molecule has 1 aromatic heterocycles. The Morgan fingerprint density at radius 2 is 2.06 bits per heavy atom. The molecule has 0 saturated carbocycles. The van der Waals surface area contributed by atoms with Gasteiger partial charge < -0.3 is 5.32 Å². The topological polar surface area (TPSA) is 29.9 Å². The second-order valence-electron chi connectivity index (χ2n) is 4.85. The molecule has 0 aliphatic heterocycles. The molecule has 3 nitrogen and oxygen atoms in total. The van der Waals surface area contributed by atoms with E-state index in [-0.39, 0.29) is 0 Å². The highest BCUT2D eigenvalue weighted by atomic mass is 79.9. The molecule has 0 aliphatic carbocycles. The van der Waals surface area contributed by atoms with Crippen molar-refractivity contribution in [2.24, 2.45) is 7.05 Å². The predicted octanol–water partition coefficient (Wildman–Crippen LogP) is 3.46. The van der Waals surface area contributed by atoms with E-state index in [9.17, 15) is 0 Å². The van der Waals surface area contributed by atoms with Crippen molar-refractivity contribution < 1.29 is 0 Å². The molecule has 1 rings (SSSR count). The van der Waals surface area contributed by atoms with Crippen LogP contribution in [-0.4, -0.2) is 22.9 Å². The van der Waals surface area contributed by atoms with Gasteiger partial charge in [-0.05, 0) is 55.1 Å². The van der Waals surface area contributed by atoms with Gasteiger partial charge in [-0.15, -0.1) is 0 Å². The zero-order valence-corrected chi connectivity index (χ0v) is 13.7. The van der Waals surface area contributed by atoms with Gasteiger partial charge in [-0.3, -0.25) is 4.68 Å². The SMILES string of the molecule is CCCC(CCCc1c(Br)c(CC)nn1C)NC. The van der Waals surface area contributed by atoms with Crippen LogP contribution in [0.25, 0.3) is 0 Å². The molecule has 0 fully saturated rings. The number of aryl methyl sites for hydroxylation is 2. The van der Waals surface area contributed by atoms with Crippen molar-refractivity contribution in [2.45, 2.75) is 58.4 Å². The maximum Gasteiger partial charge on any atom is 0.0766 e. The first-order chi connectivity index (χ1) is 8.63. The maximum atomic E-state index is 4.54. The predicted molar refractivity (Wildman–Crippen MR) is 81.0 cm³/mol. The summed E-state index contributed by atoms with van der Waals surface area (Å²) in [5, 5.41) is 7.94. The van der Waals surface area contributed by atoms with Crippen LogP contribution >= 0.6 is 15.9 Å². The highest BCUT2D eigenvalue weighted by Crippen LogP contribution is 2.23. The summed E-state index contributed by atoms with van der Waals surface area (Å²) in [6.45, 7) is 4.39. The van der Waals surface area contributed by atoms with E-state index < -0.39 is 0 Å². The van der Waals surface area contributed by atoms with Crippen molar-refractivity contribution in [3.63, 3.8) is 0 Å². The summed E-state index contributed by atoms with van der Waals surface area (Å²) >= 11 is 3.68. The summed E-state index contributed by atoms with van der Waals surface area (Å²) in [5.41, 5.74) is 2.50. The second kappa shape index (κ2) is 7.95. The first-order valence-corrected chi connectivity index (χ1v) is 7.80. The van der Waals surface area contributed by atoms with Crippen molar-refractivity contribution >= 4 is 15.9 Å². The smallest absolute Gasteiger partial charge is 0.0766 e. The van der Waals surface area contributed by atoms with Crippen LogP contribution in [0.15, 0.2) is 4.47 Å². The second-order valence-corrected chi connectivity index (χ2v) is 5.64. The van der Waals surface area contributed by atoms with Gasteiger partial charge in [-0.25, -0.2) is 0 Å². The Hall–Kier alpha value is -0.350. The Morgan fingerprint density at radius 1 is 1.33 bits per heavy atom. The first kappa shape index (κ1) is 15.7. The molecule has 0 aromatic carbocycles. The number of rotatable bonds is 8. The molecule has 1 unspecified atom stereocenters. The fourth-order valence-electron chi connectivity index (χ4n) is 2.39. The van der Waals surface area contributed by atoms with E-state index in [2.05, 4.69) is 47.2 Å². The van der Waals surface area contributed by atoms with Crippen LogP contribution in [0.2, 0.25) is 0 Å². The number of halogens is 1. The molecule has 0 spiro atoms. The van der Waals surface area contributed by atoms with Crippen molar-refractivity contribution in [1.82, 2.24) is 15.1 Å². The van der Waals surface area contributed by atoms with Gasteiger partial charge in [-0.1, -0.05) is 20.3 Å². The lowest BCUT2D eigenvalue weighted by molar-refractivity contribution is 0.466. The Labute approximate surface area is 119 Å².